The molecule has 22 heavy (non-hydrogen) atoms. The first kappa shape index (κ1) is 14.8. The molecular weight excluding hydrogens is 281 g/mol. The molecule has 0 aliphatic carbocycles. The summed E-state index contributed by atoms with van der Waals surface area (Å²) in [6, 6.07) is 7.85. The first-order chi connectivity index (χ1) is 10.6. The van der Waals surface area contributed by atoms with Crippen LogP contribution in [-0.2, 0) is 7.05 Å². The highest BCUT2D eigenvalue weighted by Gasteiger charge is 2.29. The summed E-state index contributed by atoms with van der Waals surface area (Å²) < 4.78 is 15.2. The molecule has 4 nitrogen and oxygen atoms in total. The molecule has 1 fully saturated rings. The molecule has 0 saturated carbocycles. The van der Waals surface area contributed by atoms with E-state index in [1.54, 1.807) is 16.8 Å². The number of carbonyl (C=O) groups excluding carboxylic acids is 1. The number of hydrogen-bond acceptors (Lipinski definition) is 2. The second-order valence-electron chi connectivity index (χ2n) is 5.79. The number of aromatic nitrogens is 2. The van der Waals surface area contributed by atoms with Crippen molar-refractivity contribution in [2.45, 2.75) is 31.7 Å². The third-order valence-corrected chi connectivity index (χ3v) is 4.16. The molecule has 1 aliphatic rings. The number of halogens is 1. The Balaban J connectivity index is 1.91. The fourth-order valence-corrected chi connectivity index (χ4v) is 3.06. The number of carbonyl (C=O) groups is 1. The zero-order valence-electron chi connectivity index (χ0n) is 12.7. The standard InChI is InChI=1S/C17H20FN3O/c1-20-11-9-15(19-20)16-8-3-2-4-10-21(16)17(22)13-6-5-7-14(18)12-13/h5-7,9,11-12,16H,2-4,8,10H2,1H3/t16-/m0/s1. The number of aryl methyl sites for hydroxylation is 1. The molecule has 2 heterocycles. The maximum atomic E-state index is 13.4. The molecule has 3 rings (SSSR count). The molecule has 1 aromatic heterocycles. The van der Waals surface area contributed by atoms with Crippen LogP contribution in [0.15, 0.2) is 36.5 Å². The minimum absolute atomic E-state index is 0.0283. The number of amides is 1. The second-order valence-corrected chi connectivity index (χ2v) is 5.79. The summed E-state index contributed by atoms with van der Waals surface area (Å²) in [5, 5.41) is 4.47. The molecule has 116 valence electrons. The van der Waals surface area contributed by atoms with E-state index in [0.717, 1.165) is 31.4 Å². The van der Waals surface area contributed by atoms with Gasteiger partial charge in [-0.05, 0) is 37.1 Å². The van der Waals surface area contributed by atoms with Crippen LogP contribution in [0.1, 0.15) is 47.8 Å². The van der Waals surface area contributed by atoms with E-state index in [1.165, 1.54) is 12.1 Å². The molecule has 0 radical (unpaired) electrons. The molecule has 1 saturated heterocycles. The summed E-state index contributed by atoms with van der Waals surface area (Å²) in [5.41, 5.74) is 1.32. The Labute approximate surface area is 129 Å². The minimum Gasteiger partial charge on any atom is -0.330 e. The SMILES string of the molecule is Cn1ccc([C@@H]2CCCCCN2C(=O)c2cccc(F)c2)n1. The van der Waals surface area contributed by atoms with Crippen molar-refractivity contribution in [3.63, 3.8) is 0 Å². The Morgan fingerprint density at radius 2 is 2.14 bits per heavy atom. The summed E-state index contributed by atoms with van der Waals surface area (Å²) in [6.07, 6.45) is 5.96. The molecular formula is C17H20FN3O. The van der Waals surface area contributed by atoms with E-state index in [1.807, 2.05) is 24.2 Å². The van der Waals surface area contributed by atoms with Gasteiger partial charge in [-0.1, -0.05) is 18.9 Å². The molecule has 0 unspecified atom stereocenters. The van der Waals surface area contributed by atoms with Gasteiger partial charge in [-0.3, -0.25) is 9.48 Å². The van der Waals surface area contributed by atoms with Gasteiger partial charge in [0.15, 0.2) is 0 Å². The maximum Gasteiger partial charge on any atom is 0.254 e. The van der Waals surface area contributed by atoms with Gasteiger partial charge in [-0.15, -0.1) is 0 Å². The zero-order valence-corrected chi connectivity index (χ0v) is 12.7. The van der Waals surface area contributed by atoms with Crippen molar-refractivity contribution in [1.82, 2.24) is 14.7 Å². The zero-order chi connectivity index (χ0) is 15.5. The van der Waals surface area contributed by atoms with E-state index in [0.29, 0.717) is 12.1 Å². The lowest BCUT2D eigenvalue weighted by molar-refractivity contribution is 0.0676. The van der Waals surface area contributed by atoms with E-state index in [2.05, 4.69) is 5.10 Å². The monoisotopic (exact) mass is 301 g/mol. The molecule has 1 atom stereocenters. The number of nitrogens with zero attached hydrogens (tertiary/aromatic N) is 3. The molecule has 0 spiro atoms. The highest BCUT2D eigenvalue weighted by molar-refractivity contribution is 5.94. The van der Waals surface area contributed by atoms with Crippen LogP contribution >= 0.6 is 0 Å². The Bertz CT molecular complexity index is 667. The van der Waals surface area contributed by atoms with Gasteiger partial charge in [0.1, 0.15) is 5.82 Å². The van der Waals surface area contributed by atoms with Crippen LogP contribution in [0.25, 0.3) is 0 Å². The van der Waals surface area contributed by atoms with E-state index in [-0.39, 0.29) is 17.8 Å². The molecule has 1 aromatic carbocycles. The largest absolute Gasteiger partial charge is 0.330 e. The lowest BCUT2D eigenvalue weighted by Crippen LogP contribution is -2.35. The number of hydrogen-bond donors (Lipinski definition) is 0. The van der Waals surface area contributed by atoms with Crippen LogP contribution in [0.5, 0.6) is 0 Å². The average Bonchev–Trinajstić information content (AvgIpc) is 2.80. The van der Waals surface area contributed by atoms with Crippen molar-refractivity contribution < 1.29 is 9.18 Å². The first-order valence-corrected chi connectivity index (χ1v) is 7.71. The van der Waals surface area contributed by atoms with Gasteiger partial charge in [-0.2, -0.15) is 5.10 Å². The fourth-order valence-electron chi connectivity index (χ4n) is 3.06. The van der Waals surface area contributed by atoms with Crippen LogP contribution in [0, 0.1) is 5.82 Å². The number of rotatable bonds is 2. The Hall–Kier alpha value is -2.17. The Morgan fingerprint density at radius 1 is 1.27 bits per heavy atom. The predicted molar refractivity (Wildman–Crippen MR) is 81.9 cm³/mol. The quantitative estimate of drug-likeness (QED) is 0.853. The summed E-state index contributed by atoms with van der Waals surface area (Å²) in [7, 11) is 1.87. The van der Waals surface area contributed by atoms with E-state index < -0.39 is 0 Å². The first-order valence-electron chi connectivity index (χ1n) is 7.71. The van der Waals surface area contributed by atoms with Crippen molar-refractivity contribution >= 4 is 5.91 Å². The smallest absolute Gasteiger partial charge is 0.254 e. The van der Waals surface area contributed by atoms with Crippen molar-refractivity contribution in [2.24, 2.45) is 7.05 Å². The summed E-state index contributed by atoms with van der Waals surface area (Å²) in [4.78, 5) is 14.7. The molecule has 0 bridgehead atoms. The minimum atomic E-state index is -0.380. The molecule has 0 N–H and O–H groups in total. The second kappa shape index (κ2) is 6.30. The molecule has 1 aliphatic heterocycles. The number of benzene rings is 1. The lowest BCUT2D eigenvalue weighted by atomic mass is 10.1. The van der Waals surface area contributed by atoms with Crippen LogP contribution in [0.2, 0.25) is 0 Å². The van der Waals surface area contributed by atoms with Gasteiger partial charge in [-0.25, -0.2) is 4.39 Å². The van der Waals surface area contributed by atoms with Gasteiger partial charge >= 0.3 is 0 Å². The summed E-state index contributed by atoms with van der Waals surface area (Å²) in [6.45, 7) is 0.691. The normalized spacial score (nSPS) is 19.0. The molecule has 5 heteroatoms. The Morgan fingerprint density at radius 3 is 2.86 bits per heavy atom. The van der Waals surface area contributed by atoms with Gasteiger partial charge < -0.3 is 4.90 Å². The van der Waals surface area contributed by atoms with Crippen molar-refractivity contribution in [2.75, 3.05) is 6.54 Å². The van der Waals surface area contributed by atoms with E-state index in [9.17, 15) is 9.18 Å². The van der Waals surface area contributed by atoms with Crippen molar-refractivity contribution in [3.05, 3.63) is 53.6 Å². The molecule has 1 amide bonds. The third kappa shape index (κ3) is 3.03. The lowest BCUT2D eigenvalue weighted by Gasteiger charge is -2.29. The van der Waals surface area contributed by atoms with Crippen LogP contribution in [0.4, 0.5) is 4.39 Å². The van der Waals surface area contributed by atoms with Gasteiger partial charge in [0, 0.05) is 25.4 Å². The fraction of sp³-hybridized carbons (Fsp3) is 0.412. The predicted octanol–water partition coefficient (Wildman–Crippen LogP) is 3.32. The Kier molecular flexibility index (Phi) is 4.22. The van der Waals surface area contributed by atoms with Crippen LogP contribution in [-0.4, -0.2) is 27.1 Å². The van der Waals surface area contributed by atoms with Gasteiger partial charge in [0.05, 0.1) is 11.7 Å². The topological polar surface area (TPSA) is 38.1 Å². The van der Waals surface area contributed by atoms with Crippen LogP contribution in [0.3, 0.4) is 0 Å². The average molecular weight is 301 g/mol. The van der Waals surface area contributed by atoms with Crippen LogP contribution < -0.4 is 0 Å². The maximum absolute atomic E-state index is 13.4. The van der Waals surface area contributed by atoms with E-state index >= 15 is 0 Å². The van der Waals surface area contributed by atoms with Crippen molar-refractivity contribution in [3.8, 4) is 0 Å². The van der Waals surface area contributed by atoms with Gasteiger partial charge in [0.25, 0.3) is 5.91 Å². The highest BCUT2D eigenvalue weighted by atomic mass is 19.1. The molecule has 2 aromatic rings. The van der Waals surface area contributed by atoms with Crippen molar-refractivity contribution in [1.29, 1.82) is 0 Å². The highest BCUT2D eigenvalue weighted by Crippen LogP contribution is 2.30. The van der Waals surface area contributed by atoms with Gasteiger partial charge in [0.2, 0.25) is 0 Å². The summed E-state index contributed by atoms with van der Waals surface area (Å²) >= 11 is 0. The number of likely N-dealkylation sites (tertiary alicyclic amines) is 1. The van der Waals surface area contributed by atoms with E-state index in [4.69, 9.17) is 0 Å². The third-order valence-electron chi connectivity index (χ3n) is 4.16. The summed E-state index contributed by atoms with van der Waals surface area (Å²) in [5.74, 6) is -0.493.